The van der Waals surface area contributed by atoms with Crippen LogP contribution in [0.2, 0.25) is 0 Å². The SMILES string of the molecule is CCN(CC)C(=O)CN(C)CC(=O)Nc1cccc(C(C)C)c1. The highest BCUT2D eigenvalue weighted by Gasteiger charge is 2.14. The first-order chi connectivity index (χ1) is 10.9. The van der Waals surface area contributed by atoms with Crippen LogP contribution in [0.4, 0.5) is 5.69 Å². The fourth-order valence-corrected chi connectivity index (χ4v) is 2.38. The standard InChI is InChI=1S/C18H29N3O2/c1-6-21(7-2)18(23)13-20(5)12-17(22)19-16-10-8-9-15(11-16)14(3)4/h8-11,14H,6-7,12-13H2,1-5H3,(H,19,22). The fourth-order valence-electron chi connectivity index (χ4n) is 2.38. The Balaban J connectivity index is 2.53. The highest BCUT2D eigenvalue weighted by molar-refractivity contribution is 5.92. The monoisotopic (exact) mass is 319 g/mol. The van der Waals surface area contributed by atoms with Crippen LogP contribution in [0, 0.1) is 0 Å². The number of nitrogens with one attached hydrogen (secondary N) is 1. The molecule has 0 saturated heterocycles. The Morgan fingerprint density at radius 1 is 1.13 bits per heavy atom. The molecule has 0 fully saturated rings. The molecule has 0 aliphatic rings. The first-order valence-electron chi connectivity index (χ1n) is 8.23. The number of benzene rings is 1. The summed E-state index contributed by atoms with van der Waals surface area (Å²) in [5, 5.41) is 2.89. The van der Waals surface area contributed by atoms with Crippen LogP contribution >= 0.6 is 0 Å². The van der Waals surface area contributed by atoms with Gasteiger partial charge in [0, 0.05) is 18.8 Å². The Bertz CT molecular complexity index is 525. The van der Waals surface area contributed by atoms with Gasteiger partial charge in [0.15, 0.2) is 0 Å². The van der Waals surface area contributed by atoms with Crippen LogP contribution in [-0.4, -0.2) is 54.8 Å². The normalized spacial score (nSPS) is 10.9. The van der Waals surface area contributed by atoms with Crippen LogP contribution in [0.25, 0.3) is 0 Å². The van der Waals surface area contributed by atoms with Gasteiger partial charge >= 0.3 is 0 Å². The summed E-state index contributed by atoms with van der Waals surface area (Å²) in [5.41, 5.74) is 1.98. The molecule has 1 rings (SSSR count). The highest BCUT2D eigenvalue weighted by atomic mass is 16.2. The molecule has 5 nitrogen and oxygen atoms in total. The van der Waals surface area contributed by atoms with E-state index in [9.17, 15) is 9.59 Å². The van der Waals surface area contributed by atoms with E-state index >= 15 is 0 Å². The summed E-state index contributed by atoms with van der Waals surface area (Å²) in [6.07, 6.45) is 0. The van der Waals surface area contributed by atoms with Gasteiger partial charge in [-0.2, -0.15) is 0 Å². The lowest BCUT2D eigenvalue weighted by atomic mass is 10.0. The molecule has 23 heavy (non-hydrogen) atoms. The lowest BCUT2D eigenvalue weighted by Crippen LogP contribution is -2.41. The van der Waals surface area contributed by atoms with Crippen LogP contribution in [0.15, 0.2) is 24.3 Å². The molecule has 0 atom stereocenters. The molecular formula is C18H29N3O2. The van der Waals surface area contributed by atoms with Gasteiger partial charge in [0.05, 0.1) is 13.1 Å². The lowest BCUT2D eigenvalue weighted by molar-refractivity contribution is -0.132. The zero-order chi connectivity index (χ0) is 17.4. The van der Waals surface area contributed by atoms with E-state index in [1.54, 1.807) is 16.8 Å². The molecular weight excluding hydrogens is 290 g/mol. The van der Waals surface area contributed by atoms with Gasteiger partial charge < -0.3 is 10.2 Å². The van der Waals surface area contributed by atoms with Gasteiger partial charge in [0.1, 0.15) is 0 Å². The second-order valence-electron chi connectivity index (χ2n) is 6.07. The molecule has 0 aliphatic heterocycles. The van der Waals surface area contributed by atoms with Gasteiger partial charge in [0.2, 0.25) is 11.8 Å². The smallest absolute Gasteiger partial charge is 0.238 e. The maximum Gasteiger partial charge on any atom is 0.238 e. The fraction of sp³-hybridized carbons (Fsp3) is 0.556. The Morgan fingerprint density at radius 2 is 1.78 bits per heavy atom. The largest absolute Gasteiger partial charge is 0.342 e. The van der Waals surface area contributed by atoms with E-state index in [1.165, 1.54) is 5.56 Å². The molecule has 2 amide bonds. The summed E-state index contributed by atoms with van der Waals surface area (Å²) in [6, 6.07) is 7.86. The molecule has 1 aromatic rings. The summed E-state index contributed by atoms with van der Waals surface area (Å²) >= 11 is 0. The van der Waals surface area contributed by atoms with Gasteiger partial charge in [-0.05, 0) is 44.5 Å². The number of hydrogen-bond acceptors (Lipinski definition) is 3. The number of amides is 2. The second kappa shape index (κ2) is 9.30. The van der Waals surface area contributed by atoms with Crippen LogP contribution in [0.3, 0.4) is 0 Å². The molecule has 1 aromatic carbocycles. The quantitative estimate of drug-likeness (QED) is 0.801. The third-order valence-electron chi connectivity index (χ3n) is 3.77. The topological polar surface area (TPSA) is 52.7 Å². The minimum atomic E-state index is -0.110. The minimum absolute atomic E-state index is 0.0482. The average Bonchev–Trinajstić information content (AvgIpc) is 2.48. The molecule has 0 heterocycles. The van der Waals surface area contributed by atoms with Crippen molar-refractivity contribution in [2.75, 3.05) is 38.5 Å². The van der Waals surface area contributed by atoms with E-state index < -0.39 is 0 Å². The molecule has 0 spiro atoms. The Morgan fingerprint density at radius 3 is 2.35 bits per heavy atom. The number of rotatable bonds is 8. The van der Waals surface area contributed by atoms with Gasteiger partial charge in [-0.25, -0.2) is 0 Å². The Hall–Kier alpha value is -1.88. The van der Waals surface area contributed by atoms with Crippen molar-refractivity contribution in [2.45, 2.75) is 33.6 Å². The van der Waals surface area contributed by atoms with Crippen molar-refractivity contribution in [1.82, 2.24) is 9.80 Å². The van der Waals surface area contributed by atoms with Crippen LogP contribution in [0.1, 0.15) is 39.2 Å². The maximum atomic E-state index is 12.1. The minimum Gasteiger partial charge on any atom is -0.342 e. The van der Waals surface area contributed by atoms with Crippen LogP contribution in [0.5, 0.6) is 0 Å². The lowest BCUT2D eigenvalue weighted by Gasteiger charge is -2.22. The molecule has 0 aliphatic carbocycles. The molecule has 0 aromatic heterocycles. The third kappa shape index (κ3) is 6.40. The van der Waals surface area contributed by atoms with Crippen LogP contribution in [-0.2, 0) is 9.59 Å². The summed E-state index contributed by atoms with van der Waals surface area (Å²) in [5.74, 6) is 0.356. The molecule has 0 bridgehead atoms. The van der Waals surface area contributed by atoms with Crippen molar-refractivity contribution >= 4 is 17.5 Å². The highest BCUT2D eigenvalue weighted by Crippen LogP contribution is 2.18. The summed E-state index contributed by atoms with van der Waals surface area (Å²) in [4.78, 5) is 27.6. The van der Waals surface area contributed by atoms with Gasteiger partial charge in [0.25, 0.3) is 0 Å². The van der Waals surface area contributed by atoms with Crippen molar-refractivity contribution in [3.63, 3.8) is 0 Å². The average molecular weight is 319 g/mol. The molecule has 0 saturated carbocycles. The molecule has 5 heteroatoms. The zero-order valence-corrected chi connectivity index (χ0v) is 14.9. The molecule has 128 valence electrons. The predicted octanol–water partition coefficient (Wildman–Crippen LogP) is 2.55. The summed E-state index contributed by atoms with van der Waals surface area (Å²) in [6.45, 7) is 9.97. The predicted molar refractivity (Wildman–Crippen MR) is 94.6 cm³/mol. The van der Waals surface area contributed by atoms with Crippen LogP contribution < -0.4 is 5.32 Å². The zero-order valence-electron chi connectivity index (χ0n) is 14.9. The number of carbonyl (C=O) groups excluding carboxylic acids is 2. The molecule has 0 radical (unpaired) electrons. The second-order valence-corrected chi connectivity index (χ2v) is 6.07. The van der Waals surface area contributed by atoms with E-state index in [4.69, 9.17) is 0 Å². The molecule has 1 N–H and O–H groups in total. The number of nitrogens with zero attached hydrogens (tertiary/aromatic N) is 2. The van der Waals surface area contributed by atoms with Crippen molar-refractivity contribution in [3.8, 4) is 0 Å². The summed E-state index contributed by atoms with van der Waals surface area (Å²) < 4.78 is 0. The van der Waals surface area contributed by atoms with E-state index in [1.807, 2.05) is 32.0 Å². The molecule has 0 unspecified atom stereocenters. The van der Waals surface area contributed by atoms with E-state index in [0.29, 0.717) is 19.0 Å². The van der Waals surface area contributed by atoms with E-state index in [-0.39, 0.29) is 24.9 Å². The van der Waals surface area contributed by atoms with Gasteiger partial charge in [-0.3, -0.25) is 14.5 Å². The maximum absolute atomic E-state index is 12.1. The van der Waals surface area contributed by atoms with Crippen molar-refractivity contribution in [3.05, 3.63) is 29.8 Å². The number of likely N-dealkylation sites (N-methyl/N-ethyl adjacent to an activating group) is 2. The Labute approximate surface area is 139 Å². The Kier molecular flexibility index (Phi) is 7.75. The van der Waals surface area contributed by atoms with Gasteiger partial charge in [-0.1, -0.05) is 26.0 Å². The van der Waals surface area contributed by atoms with Crippen molar-refractivity contribution < 1.29 is 9.59 Å². The van der Waals surface area contributed by atoms with E-state index in [2.05, 4.69) is 25.2 Å². The third-order valence-corrected chi connectivity index (χ3v) is 3.77. The number of hydrogen-bond donors (Lipinski definition) is 1. The van der Waals surface area contributed by atoms with Crippen molar-refractivity contribution in [1.29, 1.82) is 0 Å². The van der Waals surface area contributed by atoms with Gasteiger partial charge in [-0.15, -0.1) is 0 Å². The number of carbonyl (C=O) groups is 2. The first kappa shape index (κ1) is 19.2. The first-order valence-corrected chi connectivity index (χ1v) is 8.23. The summed E-state index contributed by atoms with van der Waals surface area (Å²) in [7, 11) is 1.78. The number of anilines is 1. The van der Waals surface area contributed by atoms with Crippen molar-refractivity contribution in [2.24, 2.45) is 0 Å². The van der Waals surface area contributed by atoms with E-state index in [0.717, 1.165) is 5.69 Å².